The first-order chi connectivity index (χ1) is 12.1. The fraction of sp³-hybridized carbons (Fsp3) is 0.438. The van der Waals surface area contributed by atoms with Crippen LogP contribution in [0.4, 0.5) is 23.7 Å². The number of benzene rings is 1. The summed E-state index contributed by atoms with van der Waals surface area (Å²) in [5.41, 5.74) is 1.96. The number of nitrogens with one attached hydrogen (secondary N) is 1. The molecule has 0 bridgehead atoms. The third kappa shape index (κ3) is 3.18. The molecule has 0 aliphatic carbocycles. The zero-order valence-electron chi connectivity index (χ0n) is 14.0. The fourth-order valence-electron chi connectivity index (χ4n) is 3.16. The predicted octanol–water partition coefficient (Wildman–Crippen LogP) is 2.61. The van der Waals surface area contributed by atoms with Gasteiger partial charge in [0.15, 0.2) is 0 Å². The number of hydrogen-bond acceptors (Lipinski definition) is 3. The van der Waals surface area contributed by atoms with Gasteiger partial charge in [-0.3, -0.25) is 9.48 Å². The number of halogens is 3. The molecule has 0 saturated carbocycles. The molecule has 10 heteroatoms. The van der Waals surface area contributed by atoms with Gasteiger partial charge in [-0.05, 0) is 25.1 Å². The van der Waals surface area contributed by atoms with Gasteiger partial charge in [-0.15, -0.1) is 0 Å². The molecule has 0 unspecified atom stereocenters. The summed E-state index contributed by atoms with van der Waals surface area (Å²) in [7, 11) is 1.78. The number of urea groups is 1. The number of alkyl halides is 3. The van der Waals surface area contributed by atoms with Crippen molar-refractivity contribution in [2.24, 2.45) is 18.9 Å². The van der Waals surface area contributed by atoms with Crippen LogP contribution in [-0.2, 0) is 11.8 Å². The Bertz CT molecular complexity index is 877. The smallest absolute Gasteiger partial charge is 0.394 e. The van der Waals surface area contributed by atoms with Crippen LogP contribution in [0.25, 0.3) is 10.9 Å². The van der Waals surface area contributed by atoms with Crippen LogP contribution in [0.1, 0.15) is 5.69 Å². The number of rotatable bonds is 2. The van der Waals surface area contributed by atoms with E-state index in [1.165, 1.54) is 0 Å². The maximum absolute atomic E-state index is 13.0. The highest BCUT2D eigenvalue weighted by Gasteiger charge is 2.53. The van der Waals surface area contributed by atoms with E-state index in [9.17, 15) is 22.8 Å². The molecule has 2 N–H and O–H groups in total. The lowest BCUT2D eigenvalue weighted by molar-refractivity contribution is -0.187. The second-order valence-corrected chi connectivity index (χ2v) is 6.37. The Hall–Kier alpha value is -2.78. The third-order valence-electron chi connectivity index (χ3n) is 4.73. The molecule has 0 spiro atoms. The van der Waals surface area contributed by atoms with Crippen molar-refractivity contribution in [1.29, 1.82) is 0 Å². The molecule has 0 radical (unpaired) electrons. The molecule has 1 aliphatic rings. The fourth-order valence-corrected chi connectivity index (χ4v) is 3.16. The van der Waals surface area contributed by atoms with Crippen molar-refractivity contribution in [2.75, 3.05) is 18.4 Å². The number of carboxylic acids is 1. The first-order valence-corrected chi connectivity index (χ1v) is 7.86. The van der Waals surface area contributed by atoms with E-state index in [-0.39, 0.29) is 0 Å². The molecule has 1 aromatic carbocycles. The van der Waals surface area contributed by atoms with Gasteiger partial charge in [0.05, 0.1) is 17.4 Å². The highest BCUT2D eigenvalue weighted by atomic mass is 19.4. The molecule has 26 heavy (non-hydrogen) atoms. The number of aryl methyl sites for hydroxylation is 2. The minimum absolute atomic E-state index is 0.378. The van der Waals surface area contributed by atoms with Gasteiger partial charge in [0, 0.05) is 36.9 Å². The summed E-state index contributed by atoms with van der Waals surface area (Å²) in [5.74, 6) is -5.30. The lowest BCUT2D eigenvalue weighted by Gasteiger charge is -2.18. The number of fused-ring (bicyclic) bond motifs is 1. The molecular weight excluding hydrogens is 353 g/mol. The molecule has 2 atom stereocenters. The Labute approximate surface area is 146 Å². The second-order valence-electron chi connectivity index (χ2n) is 6.37. The zero-order chi connectivity index (χ0) is 19.2. The molecule has 7 nitrogen and oxygen atoms in total. The van der Waals surface area contributed by atoms with Crippen molar-refractivity contribution < 1.29 is 27.9 Å². The Morgan fingerprint density at radius 2 is 2.00 bits per heavy atom. The SMILES string of the molecule is Cc1c2ccc(NC(=O)N3C[C@@H](C(F)(F)F)[C@H](C(=O)O)C3)cc2nn1C. The number of hydrogen-bond donors (Lipinski definition) is 2. The highest BCUT2D eigenvalue weighted by molar-refractivity contribution is 5.93. The van der Waals surface area contributed by atoms with Gasteiger partial charge in [-0.2, -0.15) is 18.3 Å². The Balaban J connectivity index is 1.77. The van der Waals surface area contributed by atoms with Crippen LogP contribution < -0.4 is 5.32 Å². The maximum atomic E-state index is 13.0. The molecule has 2 amide bonds. The Morgan fingerprint density at radius 3 is 2.58 bits per heavy atom. The number of anilines is 1. The van der Waals surface area contributed by atoms with Crippen LogP contribution in [-0.4, -0.2) is 51.1 Å². The van der Waals surface area contributed by atoms with Crippen molar-refractivity contribution in [3.63, 3.8) is 0 Å². The molecular formula is C16H17F3N4O3. The topological polar surface area (TPSA) is 87.5 Å². The number of aromatic nitrogens is 2. The van der Waals surface area contributed by atoms with Crippen molar-refractivity contribution in [1.82, 2.24) is 14.7 Å². The van der Waals surface area contributed by atoms with E-state index in [4.69, 9.17) is 5.11 Å². The predicted molar refractivity (Wildman–Crippen MR) is 86.7 cm³/mol. The average Bonchev–Trinajstić information content (AvgIpc) is 3.10. The van der Waals surface area contributed by atoms with Gasteiger partial charge >= 0.3 is 18.2 Å². The van der Waals surface area contributed by atoms with E-state index < -0.39 is 43.1 Å². The van der Waals surface area contributed by atoms with Crippen molar-refractivity contribution in [3.8, 4) is 0 Å². The van der Waals surface area contributed by atoms with E-state index in [2.05, 4.69) is 10.4 Å². The van der Waals surface area contributed by atoms with Gasteiger partial charge in [0.1, 0.15) is 0 Å². The minimum Gasteiger partial charge on any atom is -0.481 e. The van der Waals surface area contributed by atoms with Crippen molar-refractivity contribution in [2.45, 2.75) is 13.1 Å². The van der Waals surface area contributed by atoms with E-state index in [1.807, 2.05) is 6.92 Å². The molecule has 1 aromatic heterocycles. The number of carboxylic acid groups (broad SMARTS) is 1. The highest BCUT2D eigenvalue weighted by Crippen LogP contribution is 2.38. The van der Waals surface area contributed by atoms with E-state index >= 15 is 0 Å². The molecule has 140 valence electrons. The average molecular weight is 370 g/mol. The summed E-state index contributed by atoms with van der Waals surface area (Å²) in [6.45, 7) is 0.717. The summed E-state index contributed by atoms with van der Waals surface area (Å²) >= 11 is 0. The number of amides is 2. The van der Waals surface area contributed by atoms with Gasteiger partial charge in [-0.25, -0.2) is 4.79 Å². The second kappa shape index (κ2) is 6.19. The lowest BCUT2D eigenvalue weighted by atomic mass is 9.96. The van der Waals surface area contributed by atoms with Crippen LogP contribution in [0, 0.1) is 18.8 Å². The molecule has 2 aromatic rings. The maximum Gasteiger partial charge on any atom is 0.394 e. The monoisotopic (exact) mass is 370 g/mol. The summed E-state index contributed by atoms with van der Waals surface area (Å²) in [4.78, 5) is 24.3. The van der Waals surface area contributed by atoms with Gasteiger partial charge in [0.25, 0.3) is 0 Å². The minimum atomic E-state index is -4.68. The quantitative estimate of drug-likeness (QED) is 0.851. The summed E-state index contributed by atoms with van der Waals surface area (Å²) in [6.07, 6.45) is -4.68. The number of carbonyl (C=O) groups excluding carboxylic acids is 1. The van der Waals surface area contributed by atoms with E-state index in [0.717, 1.165) is 16.0 Å². The van der Waals surface area contributed by atoms with Crippen LogP contribution in [0.5, 0.6) is 0 Å². The normalized spacial score (nSPS) is 20.6. The van der Waals surface area contributed by atoms with Crippen LogP contribution in [0.3, 0.4) is 0 Å². The molecule has 3 rings (SSSR count). The number of carbonyl (C=O) groups is 2. The molecule has 1 saturated heterocycles. The van der Waals surface area contributed by atoms with Gasteiger partial charge in [0.2, 0.25) is 0 Å². The van der Waals surface area contributed by atoms with Crippen LogP contribution >= 0.6 is 0 Å². The molecule has 1 aliphatic heterocycles. The lowest BCUT2D eigenvalue weighted by Crippen LogP contribution is -2.35. The summed E-state index contributed by atoms with van der Waals surface area (Å²) < 4.78 is 40.7. The standard InChI is InChI=1S/C16H17F3N4O3/c1-8-10-4-3-9(5-13(10)21-22(8)2)20-15(26)23-6-11(14(24)25)12(7-23)16(17,18)19/h3-5,11-12H,6-7H2,1-2H3,(H,20,26)(H,24,25)/t11-,12-/m1/s1. The summed E-state index contributed by atoms with van der Waals surface area (Å²) in [5, 5.41) is 16.7. The molecule has 2 heterocycles. The number of likely N-dealkylation sites (tertiary alicyclic amines) is 1. The zero-order valence-corrected chi connectivity index (χ0v) is 14.0. The Kier molecular flexibility index (Phi) is 4.29. The number of nitrogens with zero attached hydrogens (tertiary/aromatic N) is 3. The first kappa shape index (κ1) is 18.0. The van der Waals surface area contributed by atoms with E-state index in [1.54, 1.807) is 29.9 Å². The van der Waals surface area contributed by atoms with E-state index in [0.29, 0.717) is 11.2 Å². The van der Waals surface area contributed by atoms with Gasteiger partial charge in [-0.1, -0.05) is 0 Å². The van der Waals surface area contributed by atoms with Gasteiger partial charge < -0.3 is 15.3 Å². The molecule has 1 fully saturated rings. The largest absolute Gasteiger partial charge is 0.481 e. The summed E-state index contributed by atoms with van der Waals surface area (Å²) in [6, 6.07) is 4.23. The Morgan fingerprint density at radius 1 is 1.31 bits per heavy atom. The van der Waals surface area contributed by atoms with Crippen LogP contribution in [0.15, 0.2) is 18.2 Å². The first-order valence-electron chi connectivity index (χ1n) is 7.86. The number of aliphatic carboxylic acids is 1. The third-order valence-corrected chi connectivity index (χ3v) is 4.73. The van der Waals surface area contributed by atoms with Crippen molar-refractivity contribution in [3.05, 3.63) is 23.9 Å². The van der Waals surface area contributed by atoms with Crippen molar-refractivity contribution >= 4 is 28.6 Å². The van der Waals surface area contributed by atoms with Crippen LogP contribution in [0.2, 0.25) is 0 Å².